The van der Waals surface area contributed by atoms with Crippen LogP contribution >= 0.6 is 15.9 Å². The van der Waals surface area contributed by atoms with E-state index in [-0.39, 0.29) is 17.3 Å². The van der Waals surface area contributed by atoms with E-state index >= 15 is 0 Å². The molecule has 0 spiro atoms. The van der Waals surface area contributed by atoms with E-state index in [1.54, 1.807) is 6.07 Å². The quantitative estimate of drug-likeness (QED) is 0.547. The number of ketones is 1. The van der Waals surface area contributed by atoms with Crippen LogP contribution in [0.4, 0.5) is 0 Å². The second kappa shape index (κ2) is 6.69. The largest absolute Gasteiger partial charge is 0.491 e. The topological polar surface area (TPSA) is 38.8 Å². The van der Waals surface area contributed by atoms with E-state index in [0.717, 1.165) is 16.8 Å². The number of benzene rings is 2. The average Bonchev–Trinajstić information content (AvgIpc) is 3.36. The fourth-order valence-electron chi connectivity index (χ4n) is 2.40. The molecule has 24 heavy (non-hydrogen) atoms. The summed E-state index contributed by atoms with van der Waals surface area (Å²) in [5.41, 5.74) is 2.60. The van der Waals surface area contributed by atoms with Gasteiger partial charge in [-0.25, -0.2) is 0 Å². The summed E-state index contributed by atoms with van der Waals surface area (Å²) in [6.45, 7) is 7.79. The summed E-state index contributed by atoms with van der Waals surface area (Å²) >= 11 is 3.48. The zero-order valence-electron chi connectivity index (χ0n) is 14.1. The highest BCUT2D eigenvalue weighted by Crippen LogP contribution is 2.27. The van der Waals surface area contributed by atoms with E-state index in [1.807, 2.05) is 36.4 Å². The van der Waals surface area contributed by atoms with Crippen LogP contribution in [0.3, 0.4) is 0 Å². The maximum Gasteiger partial charge on any atom is 0.194 e. The summed E-state index contributed by atoms with van der Waals surface area (Å²) in [4.78, 5) is 12.7. The fraction of sp³-hybridized carbons (Fsp3) is 0.350. The molecule has 0 aliphatic carbocycles. The number of hydrogen-bond donors (Lipinski definition) is 0. The molecule has 1 unspecified atom stereocenters. The highest BCUT2D eigenvalue weighted by Gasteiger charge is 2.23. The van der Waals surface area contributed by atoms with Crippen molar-refractivity contribution < 1.29 is 14.3 Å². The van der Waals surface area contributed by atoms with Crippen molar-refractivity contribution in [1.82, 2.24) is 0 Å². The third-order valence-corrected chi connectivity index (χ3v) is 4.69. The summed E-state index contributed by atoms with van der Waals surface area (Å²) in [5, 5.41) is 0. The molecule has 0 amide bonds. The smallest absolute Gasteiger partial charge is 0.194 e. The lowest BCUT2D eigenvalue weighted by Gasteiger charge is -2.19. The Morgan fingerprint density at radius 3 is 2.42 bits per heavy atom. The average molecular weight is 389 g/mol. The molecule has 0 saturated carbocycles. The zero-order chi connectivity index (χ0) is 17.3. The molecule has 1 fully saturated rings. The molecule has 3 rings (SSSR count). The van der Waals surface area contributed by atoms with Gasteiger partial charge in [0.2, 0.25) is 0 Å². The molecule has 0 bridgehead atoms. The van der Waals surface area contributed by atoms with E-state index in [9.17, 15) is 4.79 Å². The van der Waals surface area contributed by atoms with Crippen molar-refractivity contribution in [2.24, 2.45) is 0 Å². The lowest BCUT2D eigenvalue weighted by molar-refractivity contribution is 0.103. The molecular formula is C20H21BrO3. The third-order valence-electron chi connectivity index (χ3n) is 4.04. The van der Waals surface area contributed by atoms with Crippen molar-refractivity contribution in [2.45, 2.75) is 32.3 Å². The standard InChI is InChI=1S/C20H21BrO3/c1-20(2,3)14-6-4-13(5-7-14)19(22)17-9-8-15(10-18(17)21)23-11-16-12-24-16/h4-10,16H,11-12H2,1-3H3. The highest BCUT2D eigenvalue weighted by atomic mass is 79.9. The monoisotopic (exact) mass is 388 g/mol. The maximum atomic E-state index is 12.7. The minimum atomic E-state index is -0.000546. The van der Waals surface area contributed by atoms with Crippen LogP contribution in [0.5, 0.6) is 5.75 Å². The first kappa shape index (κ1) is 17.2. The van der Waals surface area contributed by atoms with Crippen molar-refractivity contribution in [1.29, 1.82) is 0 Å². The molecule has 2 aromatic rings. The molecule has 4 heteroatoms. The number of ether oxygens (including phenoxy) is 2. The first-order chi connectivity index (χ1) is 11.3. The minimum Gasteiger partial charge on any atom is -0.491 e. The van der Waals surface area contributed by atoms with Gasteiger partial charge in [-0.2, -0.15) is 0 Å². The van der Waals surface area contributed by atoms with Crippen LogP contribution in [-0.2, 0) is 10.2 Å². The van der Waals surface area contributed by atoms with Crippen molar-refractivity contribution in [2.75, 3.05) is 13.2 Å². The Morgan fingerprint density at radius 1 is 1.21 bits per heavy atom. The Hall–Kier alpha value is -1.65. The predicted octanol–water partition coefficient (Wildman–Crippen LogP) is 4.76. The molecule has 0 N–H and O–H groups in total. The van der Waals surface area contributed by atoms with Gasteiger partial charge in [-0.05, 0) is 45.1 Å². The molecular weight excluding hydrogens is 368 g/mol. The number of hydrogen-bond acceptors (Lipinski definition) is 3. The molecule has 3 nitrogen and oxygen atoms in total. The maximum absolute atomic E-state index is 12.7. The molecule has 0 aromatic heterocycles. The molecule has 1 aliphatic heterocycles. The normalized spacial score (nSPS) is 16.8. The Bertz CT molecular complexity index is 740. The Kier molecular flexibility index (Phi) is 4.79. The van der Waals surface area contributed by atoms with Crippen LogP contribution < -0.4 is 4.74 Å². The van der Waals surface area contributed by atoms with Gasteiger partial charge in [-0.15, -0.1) is 0 Å². The van der Waals surface area contributed by atoms with Crippen LogP contribution in [0, 0.1) is 0 Å². The van der Waals surface area contributed by atoms with E-state index < -0.39 is 0 Å². The SMILES string of the molecule is CC(C)(C)c1ccc(C(=O)c2ccc(OCC3CO3)cc2Br)cc1. The molecule has 1 atom stereocenters. The fourth-order valence-corrected chi connectivity index (χ4v) is 2.94. The van der Waals surface area contributed by atoms with E-state index in [4.69, 9.17) is 9.47 Å². The number of carbonyl (C=O) groups is 1. The van der Waals surface area contributed by atoms with Crippen LogP contribution in [-0.4, -0.2) is 25.1 Å². The molecule has 1 aliphatic rings. The van der Waals surface area contributed by atoms with Gasteiger partial charge in [0, 0.05) is 15.6 Å². The van der Waals surface area contributed by atoms with E-state index in [0.29, 0.717) is 17.7 Å². The Balaban J connectivity index is 1.76. The van der Waals surface area contributed by atoms with Crippen LogP contribution in [0.25, 0.3) is 0 Å². The lowest BCUT2D eigenvalue weighted by atomic mass is 9.86. The summed E-state index contributed by atoms with van der Waals surface area (Å²) in [6.07, 6.45) is 0.214. The van der Waals surface area contributed by atoms with Gasteiger partial charge in [0.25, 0.3) is 0 Å². The number of halogens is 1. The first-order valence-corrected chi connectivity index (χ1v) is 8.83. The Morgan fingerprint density at radius 2 is 1.88 bits per heavy atom. The summed E-state index contributed by atoms with van der Waals surface area (Å²) in [6, 6.07) is 13.3. The van der Waals surface area contributed by atoms with Gasteiger partial charge in [-0.1, -0.05) is 45.0 Å². The van der Waals surface area contributed by atoms with Crippen LogP contribution in [0.1, 0.15) is 42.3 Å². The van der Waals surface area contributed by atoms with E-state index in [2.05, 4.69) is 36.7 Å². The highest BCUT2D eigenvalue weighted by molar-refractivity contribution is 9.10. The van der Waals surface area contributed by atoms with Crippen molar-refractivity contribution >= 4 is 21.7 Å². The molecule has 2 aromatic carbocycles. The molecule has 0 radical (unpaired) electrons. The lowest BCUT2D eigenvalue weighted by Crippen LogP contribution is -2.11. The number of rotatable bonds is 5. The van der Waals surface area contributed by atoms with Crippen LogP contribution in [0.2, 0.25) is 0 Å². The second-order valence-corrected chi connectivity index (χ2v) is 7.92. The first-order valence-electron chi connectivity index (χ1n) is 8.04. The third kappa shape index (κ3) is 4.05. The van der Waals surface area contributed by atoms with Crippen LogP contribution in [0.15, 0.2) is 46.9 Å². The van der Waals surface area contributed by atoms with Gasteiger partial charge >= 0.3 is 0 Å². The Labute approximate surface area is 151 Å². The van der Waals surface area contributed by atoms with Crippen molar-refractivity contribution in [3.63, 3.8) is 0 Å². The zero-order valence-corrected chi connectivity index (χ0v) is 15.7. The minimum absolute atomic E-state index is 0.000546. The predicted molar refractivity (Wildman–Crippen MR) is 98.0 cm³/mol. The van der Waals surface area contributed by atoms with Crippen molar-refractivity contribution in [3.05, 3.63) is 63.6 Å². The molecule has 126 valence electrons. The van der Waals surface area contributed by atoms with Gasteiger partial charge in [-0.3, -0.25) is 4.79 Å². The second-order valence-electron chi connectivity index (χ2n) is 7.06. The summed E-state index contributed by atoms with van der Waals surface area (Å²) in [7, 11) is 0. The number of epoxide rings is 1. The van der Waals surface area contributed by atoms with Gasteiger partial charge in [0.15, 0.2) is 5.78 Å². The van der Waals surface area contributed by atoms with Gasteiger partial charge in [0.05, 0.1) is 6.61 Å². The summed E-state index contributed by atoms with van der Waals surface area (Å²) < 4.78 is 11.5. The van der Waals surface area contributed by atoms with E-state index in [1.165, 1.54) is 5.56 Å². The van der Waals surface area contributed by atoms with Gasteiger partial charge < -0.3 is 9.47 Å². The molecule has 1 heterocycles. The number of carbonyl (C=O) groups excluding carboxylic acids is 1. The molecule has 1 saturated heterocycles. The van der Waals surface area contributed by atoms with Gasteiger partial charge in [0.1, 0.15) is 18.5 Å². The van der Waals surface area contributed by atoms with Crippen molar-refractivity contribution in [3.8, 4) is 5.75 Å². The summed E-state index contributed by atoms with van der Waals surface area (Å²) in [5.74, 6) is 0.733.